The van der Waals surface area contributed by atoms with E-state index in [1.165, 1.54) is 11.1 Å². The van der Waals surface area contributed by atoms with Crippen molar-refractivity contribution >= 4 is 11.8 Å². The van der Waals surface area contributed by atoms with Gasteiger partial charge in [-0.15, -0.1) is 0 Å². The van der Waals surface area contributed by atoms with Crippen molar-refractivity contribution in [1.29, 1.82) is 0 Å². The second-order valence-corrected chi connectivity index (χ2v) is 11.0. The van der Waals surface area contributed by atoms with Crippen LogP contribution in [0.2, 0.25) is 0 Å². The van der Waals surface area contributed by atoms with E-state index >= 15 is 0 Å². The number of rotatable bonds is 8. The van der Waals surface area contributed by atoms with Gasteiger partial charge in [-0.3, -0.25) is 9.59 Å². The van der Waals surface area contributed by atoms with Gasteiger partial charge >= 0.3 is 0 Å². The molecule has 3 aliphatic rings. The highest BCUT2D eigenvalue weighted by Gasteiger charge is 2.48. The average Bonchev–Trinajstić information content (AvgIpc) is 3.45. The first kappa shape index (κ1) is 24.9. The van der Waals surface area contributed by atoms with Gasteiger partial charge in [-0.2, -0.15) is 0 Å². The maximum absolute atomic E-state index is 13.7. The van der Waals surface area contributed by atoms with E-state index in [-0.39, 0.29) is 11.8 Å². The predicted octanol–water partition coefficient (Wildman–Crippen LogP) is 5.38. The molecule has 2 aliphatic heterocycles. The highest BCUT2D eigenvalue weighted by molar-refractivity contribution is 6.00. The van der Waals surface area contributed by atoms with Crippen LogP contribution in [0, 0.1) is 0 Å². The molecule has 5 nitrogen and oxygen atoms in total. The fraction of sp³-hybridized carbons (Fsp3) is 0.394. The number of unbranched alkanes of at least 4 members (excludes halogenated alkanes) is 1. The normalized spacial score (nSPS) is 18.2. The molecule has 0 spiro atoms. The molecule has 38 heavy (non-hydrogen) atoms. The van der Waals surface area contributed by atoms with Gasteiger partial charge in [-0.1, -0.05) is 73.2 Å². The lowest BCUT2D eigenvalue weighted by Crippen LogP contribution is -2.45. The van der Waals surface area contributed by atoms with Crippen molar-refractivity contribution in [2.45, 2.75) is 57.0 Å². The van der Waals surface area contributed by atoms with Crippen LogP contribution in [0.5, 0.6) is 0 Å². The van der Waals surface area contributed by atoms with Crippen LogP contribution >= 0.6 is 0 Å². The zero-order chi connectivity index (χ0) is 26.1. The Labute approximate surface area is 225 Å². The number of benzene rings is 3. The summed E-state index contributed by atoms with van der Waals surface area (Å²) in [4.78, 5) is 31.2. The number of hydrogen-bond acceptors (Lipinski definition) is 3. The van der Waals surface area contributed by atoms with E-state index in [0.29, 0.717) is 12.6 Å². The maximum atomic E-state index is 13.7. The van der Waals surface area contributed by atoms with Crippen molar-refractivity contribution in [3.8, 4) is 11.1 Å². The topological polar surface area (TPSA) is 52.7 Å². The first-order chi connectivity index (χ1) is 18.6. The van der Waals surface area contributed by atoms with E-state index in [1.807, 2.05) is 25.1 Å². The summed E-state index contributed by atoms with van der Waals surface area (Å²) in [6.07, 6.45) is 4.92. The van der Waals surface area contributed by atoms with Crippen LogP contribution < -0.4 is 5.32 Å². The Balaban J connectivity index is 1.08. The van der Waals surface area contributed by atoms with Crippen molar-refractivity contribution < 1.29 is 9.59 Å². The van der Waals surface area contributed by atoms with Gasteiger partial charge in [0.1, 0.15) is 5.41 Å². The molecule has 1 N–H and O–H groups in total. The molecular formula is C33H37N3O2. The van der Waals surface area contributed by atoms with Gasteiger partial charge in [0.25, 0.3) is 5.91 Å². The first-order valence-corrected chi connectivity index (χ1v) is 14.2. The lowest BCUT2D eigenvalue weighted by molar-refractivity contribution is -0.125. The van der Waals surface area contributed by atoms with Gasteiger partial charge in [-0.25, -0.2) is 0 Å². The van der Waals surface area contributed by atoms with E-state index < -0.39 is 5.41 Å². The molecule has 5 heteroatoms. The predicted molar refractivity (Wildman–Crippen MR) is 151 cm³/mol. The molecule has 1 saturated heterocycles. The molecule has 0 radical (unpaired) electrons. The van der Waals surface area contributed by atoms with Gasteiger partial charge in [0.2, 0.25) is 5.91 Å². The smallest absolute Gasteiger partial charge is 0.254 e. The number of piperidine rings is 1. The number of carbonyl (C=O) groups is 2. The summed E-state index contributed by atoms with van der Waals surface area (Å²) < 4.78 is 0. The number of likely N-dealkylation sites (N-methyl/N-ethyl adjacent to an activating group) is 1. The summed E-state index contributed by atoms with van der Waals surface area (Å²) in [6, 6.07) is 25.2. The van der Waals surface area contributed by atoms with Crippen molar-refractivity contribution in [3.05, 3.63) is 95.1 Å². The van der Waals surface area contributed by atoms with Crippen LogP contribution in [0.25, 0.3) is 11.1 Å². The summed E-state index contributed by atoms with van der Waals surface area (Å²) in [6.45, 7) is 6.47. The largest absolute Gasteiger partial charge is 0.355 e. The van der Waals surface area contributed by atoms with Crippen LogP contribution in [0.15, 0.2) is 72.8 Å². The van der Waals surface area contributed by atoms with Gasteiger partial charge in [-0.05, 0) is 73.0 Å². The molecule has 0 unspecified atom stereocenters. The Morgan fingerprint density at radius 2 is 1.47 bits per heavy atom. The Kier molecular flexibility index (Phi) is 6.79. The van der Waals surface area contributed by atoms with Crippen LogP contribution in [-0.2, 0) is 16.8 Å². The van der Waals surface area contributed by atoms with Crippen LogP contribution in [0.4, 0.5) is 0 Å². The fourth-order valence-corrected chi connectivity index (χ4v) is 7.02. The second-order valence-electron chi connectivity index (χ2n) is 11.0. The number of nitrogens with zero attached hydrogens (tertiary/aromatic N) is 2. The molecule has 196 valence electrons. The number of fused-ring (bicyclic) bond motifs is 4. The number of likely N-dealkylation sites (tertiary alicyclic amines) is 1. The van der Waals surface area contributed by atoms with Gasteiger partial charge in [0.15, 0.2) is 0 Å². The number of hydrogen-bond donors (Lipinski definition) is 1. The average molecular weight is 508 g/mol. The molecule has 1 aliphatic carbocycles. The second kappa shape index (κ2) is 10.4. The monoisotopic (exact) mass is 507 g/mol. The molecule has 0 atom stereocenters. The minimum atomic E-state index is -0.624. The summed E-state index contributed by atoms with van der Waals surface area (Å²) >= 11 is 0. The van der Waals surface area contributed by atoms with Crippen molar-refractivity contribution in [1.82, 2.24) is 15.1 Å². The zero-order valence-electron chi connectivity index (χ0n) is 22.3. The molecule has 0 aromatic heterocycles. The quantitative estimate of drug-likeness (QED) is 0.417. The lowest BCUT2D eigenvalue weighted by Gasteiger charge is -2.37. The SMILES string of the molecule is CCNC(=O)C1(CCCCN2CCC(N3Cc4ccccc4C3=O)CC2)c2ccccc2-c2ccccc21. The Bertz CT molecular complexity index is 1300. The van der Waals surface area contributed by atoms with Crippen LogP contribution in [-0.4, -0.2) is 53.8 Å². The van der Waals surface area contributed by atoms with Gasteiger partial charge < -0.3 is 15.1 Å². The molecule has 0 saturated carbocycles. The fourth-order valence-electron chi connectivity index (χ4n) is 7.02. The minimum Gasteiger partial charge on any atom is -0.355 e. The number of nitrogens with one attached hydrogen (secondary N) is 1. The lowest BCUT2D eigenvalue weighted by atomic mass is 9.73. The van der Waals surface area contributed by atoms with Gasteiger partial charge in [0, 0.05) is 37.8 Å². The third kappa shape index (κ3) is 4.14. The highest BCUT2D eigenvalue weighted by Crippen LogP contribution is 2.51. The van der Waals surface area contributed by atoms with Crippen molar-refractivity contribution in [2.24, 2.45) is 0 Å². The first-order valence-electron chi connectivity index (χ1n) is 14.2. The summed E-state index contributed by atoms with van der Waals surface area (Å²) in [7, 11) is 0. The van der Waals surface area contributed by atoms with E-state index in [0.717, 1.165) is 80.5 Å². The van der Waals surface area contributed by atoms with Crippen molar-refractivity contribution in [2.75, 3.05) is 26.2 Å². The standard InChI is InChI=1S/C33H37N3O2/c1-2-34-32(38)33(29-15-7-5-13-27(29)28-14-6-8-16-30(28)33)19-9-10-20-35-21-17-25(18-22-35)36-23-24-11-3-4-12-26(24)31(36)37/h3-8,11-16,25H,2,9-10,17-23H2,1H3,(H,34,38). The van der Waals surface area contributed by atoms with E-state index in [4.69, 9.17) is 0 Å². The van der Waals surface area contributed by atoms with Gasteiger partial charge in [0.05, 0.1) is 0 Å². The molecule has 1 fully saturated rings. The molecule has 3 aromatic carbocycles. The minimum absolute atomic E-state index is 0.120. The van der Waals surface area contributed by atoms with E-state index in [9.17, 15) is 9.59 Å². The molecule has 6 rings (SSSR count). The molecule has 3 aromatic rings. The Hall–Kier alpha value is -3.44. The zero-order valence-corrected chi connectivity index (χ0v) is 22.3. The van der Waals surface area contributed by atoms with Crippen LogP contribution in [0.3, 0.4) is 0 Å². The number of carbonyl (C=O) groups excluding carboxylic acids is 2. The Morgan fingerprint density at radius 1 is 0.868 bits per heavy atom. The number of amides is 2. The van der Waals surface area contributed by atoms with Crippen molar-refractivity contribution in [3.63, 3.8) is 0 Å². The highest BCUT2D eigenvalue weighted by atomic mass is 16.2. The summed E-state index contributed by atoms with van der Waals surface area (Å²) in [5.41, 5.74) is 6.09. The molecule has 0 bridgehead atoms. The third-order valence-electron chi connectivity index (χ3n) is 8.91. The van der Waals surface area contributed by atoms with E-state index in [1.54, 1.807) is 0 Å². The van der Waals surface area contributed by atoms with E-state index in [2.05, 4.69) is 69.7 Å². The third-order valence-corrected chi connectivity index (χ3v) is 8.91. The molecular weight excluding hydrogens is 470 g/mol. The molecule has 2 amide bonds. The maximum Gasteiger partial charge on any atom is 0.254 e. The summed E-state index contributed by atoms with van der Waals surface area (Å²) in [5.74, 6) is 0.321. The molecule has 2 heterocycles. The summed E-state index contributed by atoms with van der Waals surface area (Å²) in [5, 5.41) is 3.16. The van der Waals surface area contributed by atoms with Crippen LogP contribution in [0.1, 0.15) is 66.1 Å². The Morgan fingerprint density at radius 3 is 2.11 bits per heavy atom.